The number of rotatable bonds is 8. The largest absolute Gasteiger partial charge is 0.416 e. The van der Waals surface area contributed by atoms with Crippen molar-refractivity contribution in [2.75, 3.05) is 23.4 Å². The fraction of sp³-hybridized carbons (Fsp3) is 0.292. The van der Waals surface area contributed by atoms with Gasteiger partial charge < -0.3 is 16.2 Å². The Morgan fingerprint density at radius 1 is 1.27 bits per heavy atom. The van der Waals surface area contributed by atoms with Crippen molar-refractivity contribution in [1.29, 1.82) is 5.41 Å². The first-order chi connectivity index (χ1) is 17.7. The van der Waals surface area contributed by atoms with E-state index in [0.29, 0.717) is 23.5 Å². The molecule has 1 amide bonds. The monoisotopic (exact) mass is 643 g/mol. The Hall–Kier alpha value is -2.62. The molecule has 3 heterocycles. The van der Waals surface area contributed by atoms with E-state index in [-0.39, 0.29) is 11.3 Å². The average Bonchev–Trinajstić information content (AvgIpc) is 3.54. The third kappa shape index (κ3) is 6.83. The van der Waals surface area contributed by atoms with Crippen molar-refractivity contribution >= 4 is 57.2 Å². The molecule has 0 bridgehead atoms. The second kappa shape index (κ2) is 11.8. The number of likely N-dealkylation sites (tertiary alicyclic amines) is 1. The third-order valence-corrected chi connectivity index (χ3v) is 7.64. The van der Waals surface area contributed by atoms with E-state index in [4.69, 9.17) is 5.41 Å². The van der Waals surface area contributed by atoms with Crippen LogP contribution in [-0.4, -0.2) is 34.4 Å². The average molecular weight is 643 g/mol. The fourth-order valence-electron chi connectivity index (χ4n) is 4.09. The standard InChI is InChI=1S/C24H25F3IN7OS/c1-15-21(35-13-20(32-33-35)22(10-28)37-14-29)8-17(11-30-15)23(36)31-19-7-16(12-34-4-2-3-5-34)6-18(9-19)24(25,26)27/h6-11,13-14,29,32-33H,2-5,12H2,1H3,(H,31,36)/b22-10-,29-14?. The van der Waals surface area contributed by atoms with Crippen molar-refractivity contribution in [3.63, 3.8) is 0 Å². The lowest BCUT2D eigenvalue weighted by atomic mass is 10.1. The number of hydrogen-bond donors (Lipinski definition) is 4. The van der Waals surface area contributed by atoms with Crippen LogP contribution in [0.5, 0.6) is 0 Å². The lowest BCUT2D eigenvalue weighted by Gasteiger charge is -2.19. The predicted octanol–water partition coefficient (Wildman–Crippen LogP) is 5.54. The summed E-state index contributed by atoms with van der Waals surface area (Å²) in [5.74, 6) is -0.566. The number of halogens is 4. The first-order valence-corrected chi connectivity index (χ1v) is 13.5. The van der Waals surface area contributed by atoms with Crippen molar-refractivity contribution in [3.05, 3.63) is 73.7 Å². The highest BCUT2D eigenvalue weighted by Gasteiger charge is 2.31. The Kier molecular flexibility index (Phi) is 8.77. The summed E-state index contributed by atoms with van der Waals surface area (Å²) in [6.07, 6.45) is 0.687. The number of anilines is 2. The van der Waals surface area contributed by atoms with Gasteiger partial charge in [0.05, 0.1) is 33.8 Å². The van der Waals surface area contributed by atoms with Gasteiger partial charge in [0.2, 0.25) is 0 Å². The van der Waals surface area contributed by atoms with E-state index < -0.39 is 17.6 Å². The maximum Gasteiger partial charge on any atom is 0.416 e. The molecule has 0 spiro atoms. The number of nitrogens with zero attached hydrogens (tertiary/aromatic N) is 3. The normalized spacial score (nSPS) is 16.5. The molecule has 0 saturated carbocycles. The summed E-state index contributed by atoms with van der Waals surface area (Å²) in [6, 6.07) is 5.30. The summed E-state index contributed by atoms with van der Waals surface area (Å²) < 4.78 is 42.6. The molecule has 8 nitrogen and oxygen atoms in total. The number of alkyl halides is 3. The molecule has 4 rings (SSSR count). The van der Waals surface area contributed by atoms with E-state index in [1.807, 2.05) is 4.08 Å². The molecule has 0 atom stereocenters. The number of pyridine rings is 1. The van der Waals surface area contributed by atoms with Crippen LogP contribution in [0.15, 0.2) is 51.3 Å². The molecule has 37 heavy (non-hydrogen) atoms. The van der Waals surface area contributed by atoms with E-state index in [1.165, 1.54) is 23.5 Å². The molecule has 1 fully saturated rings. The van der Waals surface area contributed by atoms with Crippen molar-refractivity contribution in [1.82, 2.24) is 20.8 Å². The SMILES string of the molecule is Cc1ncc(C(=O)Nc2cc(CN3CCCC3)cc(C(F)(F)F)c2)cc1N1C=C(/C(=C/I)SC=N)NN1. The van der Waals surface area contributed by atoms with Crippen molar-refractivity contribution in [3.8, 4) is 0 Å². The Balaban J connectivity index is 1.57. The Labute approximate surface area is 230 Å². The van der Waals surface area contributed by atoms with Gasteiger partial charge in [0.25, 0.3) is 5.91 Å². The van der Waals surface area contributed by atoms with Crippen LogP contribution in [0, 0.1) is 12.3 Å². The van der Waals surface area contributed by atoms with Crippen LogP contribution < -0.4 is 21.3 Å². The number of aryl methyl sites for hydroxylation is 1. The van der Waals surface area contributed by atoms with E-state index in [1.54, 1.807) is 30.3 Å². The molecular weight excluding hydrogens is 618 g/mol. The van der Waals surface area contributed by atoms with Crippen LogP contribution >= 0.6 is 34.4 Å². The number of carbonyl (C=O) groups excluding carboxylic acids is 1. The zero-order chi connectivity index (χ0) is 26.6. The third-order valence-electron chi connectivity index (χ3n) is 5.88. The van der Waals surface area contributed by atoms with E-state index in [2.05, 4.69) is 48.8 Å². The molecule has 13 heteroatoms. The van der Waals surface area contributed by atoms with Gasteiger partial charge in [-0.2, -0.15) is 13.2 Å². The topological polar surface area (TPSA) is 96.4 Å². The van der Waals surface area contributed by atoms with Crippen LogP contribution in [0.1, 0.15) is 40.0 Å². The molecule has 1 aromatic heterocycles. The maximum absolute atomic E-state index is 13.6. The Morgan fingerprint density at radius 2 is 2.03 bits per heavy atom. The number of carbonyl (C=O) groups is 1. The zero-order valence-corrected chi connectivity index (χ0v) is 22.8. The molecule has 4 N–H and O–H groups in total. The highest BCUT2D eigenvalue weighted by molar-refractivity contribution is 14.1. The molecule has 1 aromatic carbocycles. The molecular formula is C24H25F3IN7OS. The number of amides is 1. The minimum atomic E-state index is -4.53. The van der Waals surface area contributed by atoms with Gasteiger partial charge in [-0.3, -0.25) is 19.7 Å². The van der Waals surface area contributed by atoms with E-state index >= 15 is 0 Å². The quantitative estimate of drug-likeness (QED) is 0.170. The van der Waals surface area contributed by atoms with Gasteiger partial charge in [-0.05, 0) is 66.8 Å². The van der Waals surface area contributed by atoms with Gasteiger partial charge in [0.15, 0.2) is 0 Å². The highest BCUT2D eigenvalue weighted by atomic mass is 127. The van der Waals surface area contributed by atoms with Crippen LogP contribution in [0.25, 0.3) is 0 Å². The molecule has 2 aromatic rings. The van der Waals surface area contributed by atoms with Crippen LogP contribution in [0.3, 0.4) is 0 Å². The summed E-state index contributed by atoms with van der Waals surface area (Å²) in [4.78, 5) is 20.3. The van der Waals surface area contributed by atoms with Crippen molar-refractivity contribution in [2.45, 2.75) is 32.5 Å². The van der Waals surface area contributed by atoms with Crippen LogP contribution in [-0.2, 0) is 12.7 Å². The van der Waals surface area contributed by atoms with Gasteiger partial charge in [0.1, 0.15) is 0 Å². The minimum absolute atomic E-state index is 0.0831. The second-order valence-electron chi connectivity index (χ2n) is 8.54. The first kappa shape index (κ1) is 27.4. The molecule has 2 aliphatic rings. The van der Waals surface area contributed by atoms with Crippen LogP contribution in [0.2, 0.25) is 0 Å². The summed E-state index contributed by atoms with van der Waals surface area (Å²) in [5, 5.41) is 11.6. The summed E-state index contributed by atoms with van der Waals surface area (Å²) in [6.45, 7) is 3.87. The molecule has 0 aliphatic carbocycles. The van der Waals surface area contributed by atoms with E-state index in [0.717, 1.165) is 48.7 Å². The molecule has 1 saturated heterocycles. The zero-order valence-electron chi connectivity index (χ0n) is 19.8. The van der Waals surface area contributed by atoms with Gasteiger partial charge in [-0.25, -0.2) is 0 Å². The van der Waals surface area contributed by atoms with Crippen molar-refractivity contribution < 1.29 is 18.0 Å². The molecule has 196 valence electrons. The molecule has 0 unspecified atom stereocenters. The van der Waals surface area contributed by atoms with Gasteiger partial charge >= 0.3 is 6.18 Å². The number of thioether (sulfide) groups is 1. The second-order valence-corrected chi connectivity index (χ2v) is 10.1. The lowest BCUT2D eigenvalue weighted by molar-refractivity contribution is -0.137. The smallest absolute Gasteiger partial charge is 0.322 e. The first-order valence-electron chi connectivity index (χ1n) is 11.4. The minimum Gasteiger partial charge on any atom is -0.322 e. The number of aromatic nitrogens is 1. The number of hydrogen-bond acceptors (Lipinski definition) is 8. The number of benzene rings is 1. The van der Waals surface area contributed by atoms with Gasteiger partial charge in [0, 0.05) is 29.5 Å². The lowest BCUT2D eigenvalue weighted by Crippen LogP contribution is -2.37. The number of hydrazine groups is 2. The number of nitrogens with one attached hydrogen (secondary N) is 4. The van der Waals surface area contributed by atoms with Gasteiger partial charge in [-0.15, -0.1) is 5.53 Å². The fourth-order valence-corrected chi connectivity index (χ4v) is 5.28. The van der Waals surface area contributed by atoms with Crippen molar-refractivity contribution in [2.24, 2.45) is 0 Å². The molecule has 2 aliphatic heterocycles. The Bertz CT molecular complexity index is 1250. The highest BCUT2D eigenvalue weighted by Crippen LogP contribution is 2.33. The predicted molar refractivity (Wildman–Crippen MR) is 148 cm³/mol. The summed E-state index contributed by atoms with van der Waals surface area (Å²) in [7, 11) is 0. The molecule has 0 radical (unpaired) electrons. The van der Waals surface area contributed by atoms with Gasteiger partial charge in [-0.1, -0.05) is 34.4 Å². The summed E-state index contributed by atoms with van der Waals surface area (Å²) in [5.41, 5.74) is 9.14. The summed E-state index contributed by atoms with van der Waals surface area (Å²) >= 11 is 3.32. The Morgan fingerprint density at radius 3 is 2.70 bits per heavy atom. The van der Waals surface area contributed by atoms with Crippen LogP contribution in [0.4, 0.5) is 24.5 Å². The van der Waals surface area contributed by atoms with E-state index in [9.17, 15) is 18.0 Å². The maximum atomic E-state index is 13.6.